The second-order valence-corrected chi connectivity index (χ2v) is 15.3. The standard InChI is InChI=1S/C49H79NO7/c1-6-8-10-12-14-16-18-20-21-22-23-24-25-26-28-30-32-34-36-38-40-48(52)57-45(43-55-42-41-46(49(53)54)50(3,4)5)44-56-47(51)39-37-35-33-31-29-27-19-17-15-13-11-9-7-2/h8-11,13-17,19-21,27,29,31,33,45-46H,6-7,12,18,22-26,28,30,32,34-44H2,1-5H3/b10-8+,11-9+,15-13+,16-14+,19-17+,21-20+,29-27+,33-31+. The molecule has 0 N–H and O–H groups in total. The minimum atomic E-state index is -1.14. The Morgan fingerprint density at radius 3 is 1.61 bits per heavy atom. The number of carbonyl (C=O) groups is 3. The topological polar surface area (TPSA) is 102 Å². The van der Waals surface area contributed by atoms with Gasteiger partial charge < -0.3 is 28.6 Å². The van der Waals surface area contributed by atoms with Gasteiger partial charge in [0.05, 0.1) is 40.3 Å². The van der Waals surface area contributed by atoms with Crippen molar-refractivity contribution in [2.24, 2.45) is 0 Å². The van der Waals surface area contributed by atoms with E-state index < -0.39 is 18.1 Å². The molecule has 0 rings (SSSR count). The monoisotopic (exact) mass is 794 g/mol. The Kier molecular flexibility index (Phi) is 36.5. The molecule has 322 valence electrons. The Balaban J connectivity index is 4.42. The number of carboxylic acids is 1. The maximum Gasteiger partial charge on any atom is 0.306 e. The van der Waals surface area contributed by atoms with Crippen molar-refractivity contribution in [1.82, 2.24) is 0 Å². The molecule has 0 aliphatic carbocycles. The third-order valence-electron chi connectivity index (χ3n) is 9.09. The van der Waals surface area contributed by atoms with Gasteiger partial charge in [-0.05, 0) is 57.8 Å². The number of hydrogen-bond acceptors (Lipinski definition) is 7. The second-order valence-electron chi connectivity index (χ2n) is 15.3. The molecule has 0 fully saturated rings. The number of esters is 2. The van der Waals surface area contributed by atoms with Crippen LogP contribution in [0.1, 0.15) is 142 Å². The second kappa shape index (κ2) is 39.1. The molecule has 8 nitrogen and oxygen atoms in total. The number of aliphatic carboxylic acids is 1. The Bertz CT molecular complexity index is 1250. The summed E-state index contributed by atoms with van der Waals surface area (Å²) in [5.41, 5.74) is 0. The van der Waals surface area contributed by atoms with Gasteiger partial charge in [0.15, 0.2) is 6.10 Å². The van der Waals surface area contributed by atoms with Crippen LogP contribution in [0.3, 0.4) is 0 Å². The number of carbonyl (C=O) groups excluding carboxylic acids is 3. The number of hydrogen-bond donors (Lipinski definition) is 0. The summed E-state index contributed by atoms with van der Waals surface area (Å²) in [6, 6.07) is -0.742. The molecule has 0 aliphatic heterocycles. The molecule has 0 aromatic heterocycles. The molecule has 0 saturated heterocycles. The number of allylic oxidation sites excluding steroid dienone is 16. The zero-order valence-corrected chi connectivity index (χ0v) is 36.5. The first-order valence-electron chi connectivity index (χ1n) is 21.8. The van der Waals surface area contributed by atoms with E-state index in [1.54, 1.807) is 21.1 Å². The summed E-state index contributed by atoms with van der Waals surface area (Å²) in [7, 11) is 5.37. The molecule has 0 aromatic carbocycles. The van der Waals surface area contributed by atoms with Gasteiger partial charge in [0.1, 0.15) is 12.6 Å². The molecule has 0 bridgehead atoms. The van der Waals surface area contributed by atoms with Crippen molar-refractivity contribution in [2.75, 3.05) is 41.0 Å². The van der Waals surface area contributed by atoms with E-state index in [9.17, 15) is 19.5 Å². The first-order chi connectivity index (χ1) is 27.6. The maximum absolute atomic E-state index is 12.7. The number of ether oxygens (including phenoxy) is 3. The predicted molar refractivity (Wildman–Crippen MR) is 235 cm³/mol. The summed E-state index contributed by atoms with van der Waals surface area (Å²) in [4.78, 5) is 36.8. The zero-order valence-electron chi connectivity index (χ0n) is 36.5. The van der Waals surface area contributed by atoms with Crippen LogP contribution in [0.5, 0.6) is 0 Å². The normalized spacial score (nSPS) is 13.9. The fourth-order valence-electron chi connectivity index (χ4n) is 5.76. The van der Waals surface area contributed by atoms with Gasteiger partial charge in [0.2, 0.25) is 0 Å². The molecule has 0 spiro atoms. The van der Waals surface area contributed by atoms with Gasteiger partial charge in [0, 0.05) is 19.3 Å². The van der Waals surface area contributed by atoms with E-state index in [-0.39, 0.29) is 49.1 Å². The van der Waals surface area contributed by atoms with Crippen LogP contribution in [0.4, 0.5) is 0 Å². The van der Waals surface area contributed by atoms with E-state index in [0.717, 1.165) is 51.4 Å². The smallest absolute Gasteiger partial charge is 0.306 e. The van der Waals surface area contributed by atoms with Gasteiger partial charge in [0.25, 0.3) is 0 Å². The molecule has 0 amide bonds. The van der Waals surface area contributed by atoms with Crippen molar-refractivity contribution >= 4 is 17.9 Å². The molecule has 0 aliphatic rings. The van der Waals surface area contributed by atoms with Gasteiger partial charge in [-0.2, -0.15) is 0 Å². The van der Waals surface area contributed by atoms with Gasteiger partial charge >= 0.3 is 11.9 Å². The predicted octanol–water partition coefficient (Wildman–Crippen LogP) is 10.6. The van der Waals surface area contributed by atoms with Crippen LogP contribution < -0.4 is 5.11 Å². The fourth-order valence-corrected chi connectivity index (χ4v) is 5.76. The Hall–Kier alpha value is -3.75. The molecule has 2 atom stereocenters. The van der Waals surface area contributed by atoms with Crippen LogP contribution in [0, 0.1) is 0 Å². The van der Waals surface area contributed by atoms with Crippen LogP contribution in [0.2, 0.25) is 0 Å². The number of rotatable bonds is 37. The minimum Gasteiger partial charge on any atom is -0.544 e. The molecular formula is C49H79NO7. The van der Waals surface area contributed by atoms with E-state index in [1.165, 1.54) is 51.4 Å². The lowest BCUT2D eigenvalue weighted by molar-refractivity contribution is -0.889. The number of carboxylic acid groups (broad SMARTS) is 1. The summed E-state index contributed by atoms with van der Waals surface area (Å²) in [6.07, 6.45) is 51.6. The first-order valence-corrected chi connectivity index (χ1v) is 21.8. The Morgan fingerprint density at radius 2 is 1.04 bits per heavy atom. The highest BCUT2D eigenvalue weighted by atomic mass is 16.6. The fraction of sp³-hybridized carbons (Fsp3) is 0.612. The van der Waals surface area contributed by atoms with E-state index >= 15 is 0 Å². The van der Waals surface area contributed by atoms with Crippen molar-refractivity contribution in [3.8, 4) is 0 Å². The van der Waals surface area contributed by atoms with E-state index in [0.29, 0.717) is 12.8 Å². The van der Waals surface area contributed by atoms with Gasteiger partial charge in [-0.1, -0.05) is 162 Å². The highest BCUT2D eigenvalue weighted by Crippen LogP contribution is 2.14. The van der Waals surface area contributed by atoms with Crippen LogP contribution in [-0.4, -0.2) is 75.5 Å². The first kappa shape index (κ1) is 53.2. The Labute approximate surface area is 347 Å². The average molecular weight is 794 g/mol. The quantitative estimate of drug-likeness (QED) is 0.0203. The van der Waals surface area contributed by atoms with Gasteiger partial charge in [-0.15, -0.1) is 0 Å². The van der Waals surface area contributed by atoms with Crippen molar-refractivity contribution in [3.63, 3.8) is 0 Å². The maximum atomic E-state index is 12.7. The highest BCUT2D eigenvalue weighted by Gasteiger charge is 2.25. The lowest BCUT2D eigenvalue weighted by Gasteiger charge is -2.34. The molecule has 0 heterocycles. The molecular weight excluding hydrogens is 715 g/mol. The third kappa shape index (κ3) is 37.6. The van der Waals surface area contributed by atoms with Crippen LogP contribution in [-0.2, 0) is 28.6 Å². The van der Waals surface area contributed by atoms with Crippen molar-refractivity contribution in [1.29, 1.82) is 0 Å². The van der Waals surface area contributed by atoms with Gasteiger partial charge in [-0.3, -0.25) is 9.59 Å². The molecule has 0 aromatic rings. The summed E-state index contributed by atoms with van der Waals surface area (Å²) in [5, 5.41) is 11.6. The van der Waals surface area contributed by atoms with Crippen molar-refractivity contribution in [2.45, 2.75) is 154 Å². The summed E-state index contributed by atoms with van der Waals surface area (Å²) in [6.45, 7) is 4.30. The van der Waals surface area contributed by atoms with E-state index in [4.69, 9.17) is 14.2 Å². The summed E-state index contributed by atoms with van der Waals surface area (Å²) in [5.74, 6) is -1.85. The van der Waals surface area contributed by atoms with E-state index in [2.05, 4.69) is 56.4 Å². The van der Waals surface area contributed by atoms with Crippen molar-refractivity contribution in [3.05, 3.63) is 97.2 Å². The number of likely N-dealkylation sites (N-methyl/N-ethyl adjacent to an activating group) is 1. The van der Waals surface area contributed by atoms with Crippen LogP contribution >= 0.6 is 0 Å². The molecule has 0 saturated carbocycles. The molecule has 2 unspecified atom stereocenters. The molecule has 0 radical (unpaired) electrons. The summed E-state index contributed by atoms with van der Waals surface area (Å²) >= 11 is 0. The number of nitrogens with zero attached hydrogens (tertiary/aromatic N) is 1. The SMILES string of the molecule is CC/C=C/C=C/C=C/C=C/C=C/CCCC(=O)OCC(COCCC(C(=O)[O-])[N+](C)(C)C)OC(=O)CCCCCCCCCCCC/C=C/C/C=C/C/C=C/CC. The van der Waals surface area contributed by atoms with Crippen LogP contribution in [0.15, 0.2) is 97.2 Å². The lowest BCUT2D eigenvalue weighted by Crippen LogP contribution is -2.55. The van der Waals surface area contributed by atoms with Crippen LogP contribution in [0.25, 0.3) is 0 Å². The average Bonchev–Trinajstić information content (AvgIpc) is 3.17. The molecule has 8 heteroatoms. The number of unbranched alkanes of at least 4 members (excludes halogenated alkanes) is 11. The largest absolute Gasteiger partial charge is 0.544 e. The Morgan fingerprint density at radius 1 is 0.544 bits per heavy atom. The third-order valence-corrected chi connectivity index (χ3v) is 9.09. The van der Waals surface area contributed by atoms with E-state index in [1.807, 2.05) is 54.7 Å². The zero-order chi connectivity index (χ0) is 42.1. The van der Waals surface area contributed by atoms with Crippen molar-refractivity contribution < 1.29 is 38.2 Å². The summed E-state index contributed by atoms with van der Waals surface area (Å²) < 4.78 is 17.1. The lowest BCUT2D eigenvalue weighted by atomic mass is 10.0. The number of quaternary nitrogens is 1. The van der Waals surface area contributed by atoms with Gasteiger partial charge in [-0.25, -0.2) is 0 Å². The molecule has 57 heavy (non-hydrogen) atoms. The highest BCUT2D eigenvalue weighted by molar-refractivity contribution is 5.70. The minimum absolute atomic E-state index is 0.0103.